The molecule has 8 heteroatoms. The maximum Gasteiger partial charge on any atom is 0.223 e. The minimum atomic E-state index is -0.513. The summed E-state index contributed by atoms with van der Waals surface area (Å²) in [4.78, 5) is 28.5. The van der Waals surface area contributed by atoms with Crippen molar-refractivity contribution in [2.75, 3.05) is 5.73 Å². The lowest BCUT2D eigenvalue weighted by atomic mass is 9.87. The summed E-state index contributed by atoms with van der Waals surface area (Å²) in [7, 11) is 0. The number of hydrogen-bond acceptors (Lipinski definition) is 4. The number of hydrogen-bond donors (Lipinski definition) is 3. The smallest absolute Gasteiger partial charge is 0.223 e. The van der Waals surface area contributed by atoms with Gasteiger partial charge in [0.25, 0.3) is 0 Å². The van der Waals surface area contributed by atoms with Crippen LogP contribution in [0.4, 0.5) is 5.82 Å². The maximum absolute atomic E-state index is 12.5. The van der Waals surface area contributed by atoms with Gasteiger partial charge in [-0.3, -0.25) is 9.59 Å². The first-order valence-corrected chi connectivity index (χ1v) is 8.71. The van der Waals surface area contributed by atoms with Gasteiger partial charge in [-0.2, -0.15) is 0 Å². The Morgan fingerprint density at radius 1 is 1.11 bits per heavy atom. The molecule has 28 heavy (non-hydrogen) atoms. The summed E-state index contributed by atoms with van der Waals surface area (Å²) in [5, 5.41) is 2.87. The van der Waals surface area contributed by atoms with Crippen LogP contribution in [0.25, 0.3) is 0 Å². The predicted molar refractivity (Wildman–Crippen MR) is 116 cm³/mol. The Bertz CT molecular complexity index is 772. The molecule has 6 nitrogen and oxygen atoms in total. The number of nitrogen functional groups attached to an aromatic ring is 1. The van der Waals surface area contributed by atoms with Crippen LogP contribution in [0, 0.1) is 18.8 Å². The van der Waals surface area contributed by atoms with Crippen LogP contribution in [0.15, 0.2) is 42.5 Å². The van der Waals surface area contributed by atoms with Crippen molar-refractivity contribution in [1.29, 1.82) is 0 Å². The first-order valence-electron chi connectivity index (χ1n) is 8.71. The highest BCUT2D eigenvalue weighted by atomic mass is 35.5. The second-order valence-electron chi connectivity index (χ2n) is 6.52. The lowest BCUT2D eigenvalue weighted by Gasteiger charge is -2.21. The van der Waals surface area contributed by atoms with E-state index in [9.17, 15) is 9.59 Å². The highest BCUT2D eigenvalue weighted by Crippen LogP contribution is 2.19. The fraction of sp³-hybridized carbons (Fsp3) is 0.350. The summed E-state index contributed by atoms with van der Waals surface area (Å²) in [5.74, 6) is -1.22. The van der Waals surface area contributed by atoms with Crippen LogP contribution < -0.4 is 16.8 Å². The Hall–Kier alpha value is -2.31. The Morgan fingerprint density at radius 3 is 2.32 bits per heavy atom. The molecule has 0 saturated carbocycles. The third-order valence-electron chi connectivity index (χ3n) is 4.64. The summed E-state index contributed by atoms with van der Waals surface area (Å²) in [6, 6.07) is 13.4. The molecular formula is C20H28Cl2N4O2. The van der Waals surface area contributed by atoms with Crippen LogP contribution in [-0.4, -0.2) is 16.8 Å². The molecule has 5 N–H and O–H groups in total. The topological polar surface area (TPSA) is 111 Å². The predicted octanol–water partition coefficient (Wildman–Crippen LogP) is 2.80. The number of aryl methyl sites for hydroxylation is 2. The molecule has 1 aromatic heterocycles. The molecule has 0 saturated heterocycles. The molecule has 2 aromatic rings. The quantitative estimate of drug-likeness (QED) is 0.602. The van der Waals surface area contributed by atoms with Gasteiger partial charge >= 0.3 is 0 Å². The van der Waals surface area contributed by atoms with E-state index in [0.717, 1.165) is 16.8 Å². The largest absolute Gasteiger partial charge is 0.384 e. The number of benzene rings is 1. The summed E-state index contributed by atoms with van der Waals surface area (Å²) >= 11 is 0. The van der Waals surface area contributed by atoms with Gasteiger partial charge in [-0.05, 0) is 37.0 Å². The molecule has 2 rings (SSSR count). The standard InChI is InChI=1S/C20H26N4O2.2ClH/c1-13(17(19(22)25)10-8-15-6-4-3-5-7-15)20(26)23-12-16-9-11-18(21)24-14(16)2;;/h3-7,9,11,13,17H,8,10,12H2,1-2H3,(H2,21,24)(H2,22,25)(H,23,26);2*1H/t13-,17?;;/m0../s1. The fourth-order valence-corrected chi connectivity index (χ4v) is 2.93. The van der Waals surface area contributed by atoms with E-state index in [0.29, 0.717) is 25.2 Å². The van der Waals surface area contributed by atoms with Crippen molar-refractivity contribution < 1.29 is 9.59 Å². The minimum absolute atomic E-state index is 0. The van der Waals surface area contributed by atoms with Crippen LogP contribution in [0.2, 0.25) is 0 Å². The lowest BCUT2D eigenvalue weighted by Crippen LogP contribution is -2.39. The number of carbonyl (C=O) groups excluding carboxylic acids is 2. The number of pyridine rings is 1. The van der Waals surface area contributed by atoms with Crippen LogP contribution in [0.5, 0.6) is 0 Å². The Morgan fingerprint density at radius 2 is 1.75 bits per heavy atom. The second kappa shape index (κ2) is 12.2. The summed E-state index contributed by atoms with van der Waals surface area (Å²) in [6.07, 6.45) is 1.24. The highest BCUT2D eigenvalue weighted by molar-refractivity contribution is 5.86. The number of primary amides is 1. The molecule has 1 unspecified atom stereocenters. The van der Waals surface area contributed by atoms with Gasteiger partial charge in [0.15, 0.2) is 0 Å². The van der Waals surface area contributed by atoms with Gasteiger partial charge in [-0.1, -0.05) is 43.3 Å². The highest BCUT2D eigenvalue weighted by Gasteiger charge is 2.28. The first-order chi connectivity index (χ1) is 12.4. The van der Waals surface area contributed by atoms with Crippen LogP contribution in [0.1, 0.15) is 30.2 Å². The molecule has 0 aliphatic rings. The van der Waals surface area contributed by atoms with Crippen LogP contribution >= 0.6 is 24.8 Å². The SMILES string of the molecule is Cc1nc(N)ccc1CNC(=O)[C@@H](C)C(CCc1ccccc1)C(N)=O.Cl.Cl. The number of anilines is 1. The molecule has 1 aromatic carbocycles. The molecule has 0 aliphatic carbocycles. The van der Waals surface area contributed by atoms with E-state index in [4.69, 9.17) is 11.5 Å². The normalized spacial score (nSPS) is 12.1. The van der Waals surface area contributed by atoms with Gasteiger partial charge in [-0.15, -0.1) is 24.8 Å². The van der Waals surface area contributed by atoms with E-state index >= 15 is 0 Å². The average molecular weight is 427 g/mol. The van der Waals surface area contributed by atoms with Gasteiger partial charge in [0, 0.05) is 24.1 Å². The molecule has 154 valence electrons. The van der Waals surface area contributed by atoms with Crippen molar-refractivity contribution in [3.05, 3.63) is 59.3 Å². The van der Waals surface area contributed by atoms with Gasteiger partial charge in [0.2, 0.25) is 11.8 Å². The first kappa shape index (κ1) is 25.7. The van der Waals surface area contributed by atoms with Crippen molar-refractivity contribution in [2.24, 2.45) is 17.6 Å². The number of carbonyl (C=O) groups is 2. The van der Waals surface area contributed by atoms with Crippen LogP contribution in [-0.2, 0) is 22.6 Å². The molecule has 0 aliphatic heterocycles. The Labute approximate surface area is 178 Å². The van der Waals surface area contributed by atoms with E-state index < -0.39 is 17.7 Å². The van der Waals surface area contributed by atoms with Gasteiger partial charge in [-0.25, -0.2) is 4.98 Å². The minimum Gasteiger partial charge on any atom is -0.384 e. The van der Waals surface area contributed by atoms with Gasteiger partial charge in [0.05, 0.1) is 0 Å². The molecule has 0 spiro atoms. The molecule has 0 bridgehead atoms. The summed E-state index contributed by atoms with van der Waals surface area (Å²) in [5.41, 5.74) is 14.0. The van der Waals surface area contributed by atoms with Crippen LogP contribution in [0.3, 0.4) is 0 Å². The van der Waals surface area contributed by atoms with Gasteiger partial charge < -0.3 is 16.8 Å². The number of nitrogens with one attached hydrogen (secondary N) is 1. The number of nitrogens with zero attached hydrogens (tertiary/aromatic N) is 1. The van der Waals surface area contributed by atoms with E-state index in [1.165, 1.54) is 0 Å². The fourth-order valence-electron chi connectivity index (χ4n) is 2.93. The molecule has 1 heterocycles. The number of aromatic nitrogens is 1. The van der Waals surface area contributed by atoms with Crippen molar-refractivity contribution in [3.63, 3.8) is 0 Å². The lowest BCUT2D eigenvalue weighted by molar-refractivity contribution is -0.133. The molecular weight excluding hydrogens is 399 g/mol. The van der Waals surface area contributed by atoms with Crippen molar-refractivity contribution in [2.45, 2.75) is 33.2 Å². The zero-order valence-electron chi connectivity index (χ0n) is 16.1. The van der Waals surface area contributed by atoms with E-state index in [-0.39, 0.29) is 30.7 Å². The monoisotopic (exact) mass is 426 g/mol. The van der Waals surface area contributed by atoms with Crippen molar-refractivity contribution >= 4 is 42.4 Å². The van der Waals surface area contributed by atoms with Gasteiger partial charge in [0.1, 0.15) is 5.82 Å². The number of amides is 2. The molecule has 2 amide bonds. The second-order valence-corrected chi connectivity index (χ2v) is 6.52. The molecule has 2 atom stereocenters. The summed E-state index contributed by atoms with van der Waals surface area (Å²) < 4.78 is 0. The number of halogens is 2. The van der Waals surface area contributed by atoms with Crippen molar-refractivity contribution in [1.82, 2.24) is 10.3 Å². The zero-order chi connectivity index (χ0) is 19.1. The van der Waals surface area contributed by atoms with E-state index in [1.54, 1.807) is 13.0 Å². The third kappa shape index (κ3) is 7.37. The third-order valence-corrected chi connectivity index (χ3v) is 4.64. The Balaban J connectivity index is 0.00000364. The summed E-state index contributed by atoms with van der Waals surface area (Å²) in [6.45, 7) is 3.92. The van der Waals surface area contributed by atoms with Crippen molar-refractivity contribution in [3.8, 4) is 0 Å². The average Bonchev–Trinajstić information content (AvgIpc) is 2.61. The van der Waals surface area contributed by atoms with E-state index in [1.807, 2.05) is 43.3 Å². The zero-order valence-corrected chi connectivity index (χ0v) is 17.7. The Kier molecular flexibility index (Phi) is 11.2. The maximum atomic E-state index is 12.5. The molecule has 0 fully saturated rings. The number of rotatable bonds is 8. The van der Waals surface area contributed by atoms with E-state index in [2.05, 4.69) is 10.3 Å². The number of nitrogens with two attached hydrogens (primary N) is 2. The molecule has 0 radical (unpaired) electrons.